The lowest BCUT2D eigenvalue weighted by Gasteiger charge is -2.43. The summed E-state index contributed by atoms with van der Waals surface area (Å²) < 4.78 is 4.93. The smallest absolute Gasteiger partial charge is 0.259 e. The molecule has 1 aromatic rings. The highest BCUT2D eigenvalue weighted by Crippen LogP contribution is 2.33. The van der Waals surface area contributed by atoms with Crippen LogP contribution in [0.4, 0.5) is 5.69 Å². The van der Waals surface area contributed by atoms with Crippen molar-refractivity contribution in [3.8, 4) is 0 Å². The van der Waals surface area contributed by atoms with Gasteiger partial charge in [0.1, 0.15) is 12.3 Å². The third-order valence-corrected chi connectivity index (χ3v) is 2.91. The summed E-state index contributed by atoms with van der Waals surface area (Å²) in [6.07, 6.45) is 0.00703. The van der Waals surface area contributed by atoms with Gasteiger partial charge in [-0.25, -0.2) is 0 Å². The molecule has 0 unspecified atom stereocenters. The standard InChI is InChI=1S/C11H10ClNO3/c1-16-10-9(6-14)13(11(10)15)8-5-3-2-4-7(8)12/h2-6,9-10H,1H3/t9-,10-/m0/s1. The predicted octanol–water partition coefficient (Wildman–Crippen LogP) is 1.27. The number of nitrogens with zero attached hydrogens (tertiary/aromatic N) is 1. The van der Waals surface area contributed by atoms with Crippen LogP contribution in [0.3, 0.4) is 0 Å². The molecule has 0 N–H and O–H groups in total. The zero-order chi connectivity index (χ0) is 11.7. The maximum absolute atomic E-state index is 11.7. The molecule has 1 aliphatic rings. The van der Waals surface area contributed by atoms with Crippen molar-refractivity contribution in [3.05, 3.63) is 29.3 Å². The molecule has 84 valence electrons. The first kappa shape index (κ1) is 11.1. The molecule has 2 rings (SSSR count). The van der Waals surface area contributed by atoms with Gasteiger partial charge in [-0.3, -0.25) is 9.69 Å². The van der Waals surface area contributed by atoms with E-state index in [2.05, 4.69) is 0 Å². The minimum absolute atomic E-state index is 0.243. The maximum Gasteiger partial charge on any atom is 0.259 e. The molecule has 16 heavy (non-hydrogen) atoms. The molecule has 1 amide bonds. The number of aldehydes is 1. The lowest BCUT2D eigenvalue weighted by atomic mass is 9.98. The van der Waals surface area contributed by atoms with E-state index in [1.165, 1.54) is 12.0 Å². The van der Waals surface area contributed by atoms with Gasteiger partial charge in [-0.1, -0.05) is 23.7 Å². The second-order valence-corrected chi connectivity index (χ2v) is 3.85. The fourth-order valence-corrected chi connectivity index (χ4v) is 2.01. The number of amides is 1. The van der Waals surface area contributed by atoms with Crippen LogP contribution in [0.15, 0.2) is 24.3 Å². The first-order valence-electron chi connectivity index (χ1n) is 4.76. The van der Waals surface area contributed by atoms with Crippen LogP contribution in [-0.2, 0) is 14.3 Å². The molecular weight excluding hydrogens is 230 g/mol. The number of hydrogen-bond acceptors (Lipinski definition) is 3. The zero-order valence-corrected chi connectivity index (χ0v) is 9.35. The first-order chi connectivity index (χ1) is 7.70. The van der Waals surface area contributed by atoms with Crippen molar-refractivity contribution in [3.63, 3.8) is 0 Å². The Morgan fingerprint density at radius 2 is 2.12 bits per heavy atom. The monoisotopic (exact) mass is 239 g/mol. The number of ether oxygens (including phenoxy) is 1. The molecule has 4 nitrogen and oxygen atoms in total. The third-order valence-electron chi connectivity index (χ3n) is 2.59. The van der Waals surface area contributed by atoms with Crippen LogP contribution in [0.1, 0.15) is 0 Å². The number of anilines is 1. The number of carbonyl (C=O) groups is 2. The number of β-lactam (4-membered cyclic amide) rings is 1. The molecule has 1 saturated heterocycles. The van der Waals surface area contributed by atoms with Crippen LogP contribution in [-0.4, -0.2) is 31.4 Å². The number of carbonyl (C=O) groups excluding carboxylic acids is 2. The molecule has 0 saturated carbocycles. The van der Waals surface area contributed by atoms with Crippen LogP contribution < -0.4 is 4.90 Å². The molecule has 0 spiro atoms. The van der Waals surface area contributed by atoms with Crippen molar-refractivity contribution >= 4 is 29.5 Å². The predicted molar refractivity (Wildman–Crippen MR) is 59.6 cm³/mol. The fourth-order valence-electron chi connectivity index (χ4n) is 1.78. The molecule has 0 radical (unpaired) electrons. The van der Waals surface area contributed by atoms with E-state index in [1.54, 1.807) is 24.3 Å². The lowest BCUT2D eigenvalue weighted by molar-refractivity contribution is -0.142. The van der Waals surface area contributed by atoms with Crippen molar-refractivity contribution in [2.45, 2.75) is 12.1 Å². The minimum atomic E-state index is -0.686. The van der Waals surface area contributed by atoms with E-state index < -0.39 is 12.1 Å². The van der Waals surface area contributed by atoms with Crippen LogP contribution in [0.5, 0.6) is 0 Å². The van der Waals surface area contributed by atoms with Gasteiger partial charge in [-0.15, -0.1) is 0 Å². The second-order valence-electron chi connectivity index (χ2n) is 3.44. The van der Waals surface area contributed by atoms with Gasteiger partial charge in [-0.05, 0) is 12.1 Å². The number of hydrogen-bond donors (Lipinski definition) is 0. The summed E-state index contributed by atoms with van der Waals surface area (Å²) in [6, 6.07) is 6.31. The number of para-hydroxylation sites is 1. The lowest BCUT2D eigenvalue weighted by Crippen LogP contribution is -2.66. The van der Waals surface area contributed by atoms with Crippen LogP contribution in [0.2, 0.25) is 5.02 Å². The Kier molecular flexibility index (Phi) is 2.94. The van der Waals surface area contributed by atoms with Crippen molar-refractivity contribution in [1.29, 1.82) is 0 Å². The summed E-state index contributed by atoms with van der Waals surface area (Å²) in [5, 5.41) is 0.442. The molecular formula is C11H10ClNO3. The van der Waals surface area contributed by atoms with Gasteiger partial charge in [0.05, 0.1) is 10.7 Å². The average molecular weight is 240 g/mol. The van der Waals surface area contributed by atoms with Gasteiger partial charge < -0.3 is 9.53 Å². The Balaban J connectivity index is 2.33. The normalized spacial score (nSPS) is 24.1. The van der Waals surface area contributed by atoms with Crippen molar-refractivity contribution in [2.75, 3.05) is 12.0 Å². The topological polar surface area (TPSA) is 46.6 Å². The van der Waals surface area contributed by atoms with Gasteiger partial charge in [0.2, 0.25) is 0 Å². The molecule has 5 heteroatoms. The highest BCUT2D eigenvalue weighted by atomic mass is 35.5. The Morgan fingerprint density at radius 1 is 1.44 bits per heavy atom. The summed E-state index contributed by atoms with van der Waals surface area (Å²) in [5.41, 5.74) is 0.541. The van der Waals surface area contributed by atoms with Gasteiger partial charge >= 0.3 is 0 Å². The highest BCUT2D eigenvalue weighted by Gasteiger charge is 2.49. The number of halogens is 1. The third kappa shape index (κ3) is 1.50. The number of benzene rings is 1. The average Bonchev–Trinajstić information content (AvgIpc) is 2.29. The fraction of sp³-hybridized carbons (Fsp3) is 0.273. The highest BCUT2D eigenvalue weighted by molar-refractivity contribution is 6.34. The first-order valence-corrected chi connectivity index (χ1v) is 5.14. The second kappa shape index (κ2) is 4.23. The van der Waals surface area contributed by atoms with Gasteiger partial charge in [0.15, 0.2) is 6.10 Å². The Labute approximate surface area is 97.7 Å². The molecule has 0 aromatic heterocycles. The van der Waals surface area contributed by atoms with E-state index in [9.17, 15) is 9.59 Å². The summed E-state index contributed by atoms with van der Waals surface area (Å²) >= 11 is 5.96. The van der Waals surface area contributed by atoms with Crippen LogP contribution in [0.25, 0.3) is 0 Å². The van der Waals surface area contributed by atoms with E-state index in [0.717, 1.165) is 0 Å². The Bertz CT molecular complexity index is 435. The summed E-state index contributed by atoms with van der Waals surface area (Å²) in [6.45, 7) is 0. The minimum Gasteiger partial charge on any atom is -0.369 e. The van der Waals surface area contributed by atoms with E-state index in [4.69, 9.17) is 16.3 Å². The van der Waals surface area contributed by atoms with Crippen LogP contribution >= 0.6 is 11.6 Å². The molecule has 0 aliphatic carbocycles. The largest absolute Gasteiger partial charge is 0.369 e. The SMILES string of the molecule is CO[C@@H]1C(=O)N(c2ccccc2Cl)[C@H]1C=O. The molecule has 1 heterocycles. The van der Waals surface area contributed by atoms with E-state index in [-0.39, 0.29) is 5.91 Å². The molecule has 1 aromatic carbocycles. The number of methoxy groups -OCH3 is 1. The summed E-state index contributed by atoms with van der Waals surface area (Å²) in [7, 11) is 1.41. The Hall–Kier alpha value is -1.39. The molecule has 2 atom stereocenters. The van der Waals surface area contributed by atoms with Crippen molar-refractivity contribution < 1.29 is 14.3 Å². The quantitative estimate of drug-likeness (QED) is 0.590. The van der Waals surface area contributed by atoms with Crippen molar-refractivity contribution in [1.82, 2.24) is 0 Å². The van der Waals surface area contributed by atoms with Gasteiger partial charge in [-0.2, -0.15) is 0 Å². The molecule has 1 fully saturated rings. The summed E-state index contributed by atoms with van der Waals surface area (Å²) in [5.74, 6) is -0.243. The van der Waals surface area contributed by atoms with E-state index in [0.29, 0.717) is 17.0 Å². The maximum atomic E-state index is 11.7. The van der Waals surface area contributed by atoms with Crippen LogP contribution in [0, 0.1) is 0 Å². The molecule has 0 bridgehead atoms. The van der Waals surface area contributed by atoms with Crippen molar-refractivity contribution in [2.24, 2.45) is 0 Å². The van der Waals surface area contributed by atoms with E-state index in [1.807, 2.05) is 0 Å². The summed E-state index contributed by atoms with van der Waals surface area (Å²) in [4.78, 5) is 23.9. The van der Waals surface area contributed by atoms with E-state index >= 15 is 0 Å². The number of rotatable bonds is 3. The Morgan fingerprint density at radius 3 is 2.69 bits per heavy atom. The van der Waals surface area contributed by atoms with Gasteiger partial charge in [0, 0.05) is 7.11 Å². The zero-order valence-electron chi connectivity index (χ0n) is 8.59. The molecule has 1 aliphatic heterocycles. The van der Waals surface area contributed by atoms with Gasteiger partial charge in [0.25, 0.3) is 5.91 Å².